The molecule has 0 saturated carbocycles. The summed E-state index contributed by atoms with van der Waals surface area (Å²) in [5.41, 5.74) is 1.27. The molecule has 1 aliphatic rings. The van der Waals surface area contributed by atoms with Gasteiger partial charge in [0.25, 0.3) is 0 Å². The van der Waals surface area contributed by atoms with Crippen molar-refractivity contribution in [2.75, 3.05) is 20.1 Å². The molecule has 0 bridgehead atoms. The quantitative estimate of drug-likeness (QED) is 0.792. The van der Waals surface area contributed by atoms with E-state index in [1.807, 2.05) is 18.2 Å². The Bertz CT molecular complexity index is 315. The summed E-state index contributed by atoms with van der Waals surface area (Å²) in [7, 11) is 2.05. The maximum absolute atomic E-state index is 9.91. The van der Waals surface area contributed by atoms with Crippen LogP contribution in [0.5, 0.6) is 0 Å². The van der Waals surface area contributed by atoms with Gasteiger partial charge in [0.05, 0.1) is 6.10 Å². The molecule has 0 unspecified atom stereocenters. The number of nitrogens with one attached hydrogen (secondary N) is 1. The minimum Gasteiger partial charge on any atom is -0.390 e. The van der Waals surface area contributed by atoms with Crippen LogP contribution in [0.1, 0.15) is 12.0 Å². The normalized spacial score (nSPS) is 26.9. The first kappa shape index (κ1) is 11.6. The number of hydrogen-bond donors (Lipinski definition) is 2. The van der Waals surface area contributed by atoms with Gasteiger partial charge in [0.15, 0.2) is 0 Å². The number of rotatable bonds is 3. The standard InChI is InChI=1S/C13H20N2O/c1-15-8-7-12(13(16)10-15)14-9-11-5-3-2-4-6-11/h2-6,12-14,16H,7-10H2,1H3/t12-,13-/m1/s1. The summed E-state index contributed by atoms with van der Waals surface area (Å²) in [5, 5.41) is 13.3. The third-order valence-corrected chi connectivity index (χ3v) is 3.20. The molecule has 0 aromatic heterocycles. The Morgan fingerprint density at radius 1 is 1.38 bits per heavy atom. The summed E-state index contributed by atoms with van der Waals surface area (Å²) in [6.45, 7) is 2.67. The molecule has 1 aromatic rings. The number of piperidine rings is 1. The van der Waals surface area contributed by atoms with Gasteiger partial charge in [0.2, 0.25) is 0 Å². The van der Waals surface area contributed by atoms with Gasteiger partial charge in [-0.1, -0.05) is 30.3 Å². The lowest BCUT2D eigenvalue weighted by Crippen LogP contribution is -2.51. The van der Waals surface area contributed by atoms with Crippen molar-refractivity contribution in [3.05, 3.63) is 35.9 Å². The summed E-state index contributed by atoms with van der Waals surface area (Å²) in [6, 6.07) is 10.6. The van der Waals surface area contributed by atoms with Crippen molar-refractivity contribution in [2.45, 2.75) is 25.1 Å². The second kappa shape index (κ2) is 5.43. The second-order valence-corrected chi connectivity index (χ2v) is 4.59. The molecule has 0 amide bonds. The highest BCUT2D eigenvalue weighted by Gasteiger charge is 2.24. The fourth-order valence-electron chi connectivity index (χ4n) is 2.17. The van der Waals surface area contributed by atoms with E-state index in [1.54, 1.807) is 0 Å². The van der Waals surface area contributed by atoms with Gasteiger partial charge in [-0.25, -0.2) is 0 Å². The Morgan fingerprint density at radius 2 is 2.12 bits per heavy atom. The molecule has 0 spiro atoms. The third kappa shape index (κ3) is 3.04. The summed E-state index contributed by atoms with van der Waals surface area (Å²) < 4.78 is 0. The average Bonchev–Trinajstić information content (AvgIpc) is 2.29. The first-order chi connectivity index (χ1) is 7.75. The third-order valence-electron chi connectivity index (χ3n) is 3.20. The first-order valence-corrected chi connectivity index (χ1v) is 5.89. The van der Waals surface area contributed by atoms with E-state index >= 15 is 0 Å². The van der Waals surface area contributed by atoms with Gasteiger partial charge in [0.1, 0.15) is 0 Å². The summed E-state index contributed by atoms with van der Waals surface area (Å²) in [6.07, 6.45) is 0.771. The lowest BCUT2D eigenvalue weighted by Gasteiger charge is -2.34. The highest BCUT2D eigenvalue weighted by atomic mass is 16.3. The van der Waals surface area contributed by atoms with Gasteiger partial charge in [-0.05, 0) is 25.6 Å². The predicted octanol–water partition coefficient (Wildman–Crippen LogP) is 0.841. The van der Waals surface area contributed by atoms with E-state index in [9.17, 15) is 5.11 Å². The fourth-order valence-corrected chi connectivity index (χ4v) is 2.17. The van der Waals surface area contributed by atoms with Crippen LogP contribution >= 0.6 is 0 Å². The van der Waals surface area contributed by atoms with Crippen LogP contribution in [0, 0.1) is 0 Å². The van der Waals surface area contributed by atoms with Gasteiger partial charge in [0, 0.05) is 19.1 Å². The number of benzene rings is 1. The van der Waals surface area contributed by atoms with Crippen LogP contribution < -0.4 is 5.32 Å². The Balaban J connectivity index is 1.82. The number of hydrogen-bond acceptors (Lipinski definition) is 3. The average molecular weight is 220 g/mol. The molecule has 1 heterocycles. The molecule has 1 saturated heterocycles. The molecule has 3 nitrogen and oxygen atoms in total. The maximum atomic E-state index is 9.91. The second-order valence-electron chi connectivity index (χ2n) is 4.59. The lowest BCUT2D eigenvalue weighted by atomic mass is 10.0. The summed E-state index contributed by atoms with van der Waals surface area (Å²) >= 11 is 0. The van der Waals surface area contributed by atoms with E-state index in [4.69, 9.17) is 0 Å². The zero-order valence-electron chi connectivity index (χ0n) is 9.76. The van der Waals surface area contributed by atoms with E-state index in [0.717, 1.165) is 26.1 Å². The molecule has 2 rings (SSSR count). The van der Waals surface area contributed by atoms with Crippen LogP contribution in [0.15, 0.2) is 30.3 Å². The Labute approximate surface area is 97.1 Å². The highest BCUT2D eigenvalue weighted by molar-refractivity contribution is 5.14. The lowest BCUT2D eigenvalue weighted by molar-refractivity contribution is 0.0513. The molecule has 1 fully saturated rings. The number of likely N-dealkylation sites (N-methyl/N-ethyl adjacent to an activating group) is 1. The van der Waals surface area contributed by atoms with Gasteiger partial charge in [-0.15, -0.1) is 0 Å². The van der Waals surface area contributed by atoms with Crippen LogP contribution in [0.25, 0.3) is 0 Å². The number of aliphatic hydroxyl groups is 1. The van der Waals surface area contributed by atoms with Crippen LogP contribution in [0.2, 0.25) is 0 Å². The number of likely N-dealkylation sites (tertiary alicyclic amines) is 1. The number of β-amino-alcohol motifs (C(OH)–C–C–N with tert-alkyl or cyclic N) is 1. The summed E-state index contributed by atoms with van der Waals surface area (Å²) in [4.78, 5) is 2.17. The Hall–Kier alpha value is -0.900. The number of aliphatic hydroxyl groups excluding tert-OH is 1. The highest BCUT2D eigenvalue weighted by Crippen LogP contribution is 2.10. The van der Waals surface area contributed by atoms with Crippen LogP contribution in [-0.4, -0.2) is 42.3 Å². The van der Waals surface area contributed by atoms with Crippen LogP contribution in [-0.2, 0) is 6.54 Å². The van der Waals surface area contributed by atoms with Crippen molar-refractivity contribution in [2.24, 2.45) is 0 Å². The molecule has 1 aliphatic heterocycles. The van der Waals surface area contributed by atoms with Crippen molar-refractivity contribution in [1.82, 2.24) is 10.2 Å². The zero-order chi connectivity index (χ0) is 11.4. The van der Waals surface area contributed by atoms with Crippen molar-refractivity contribution in [1.29, 1.82) is 0 Å². The first-order valence-electron chi connectivity index (χ1n) is 5.89. The Morgan fingerprint density at radius 3 is 2.81 bits per heavy atom. The smallest absolute Gasteiger partial charge is 0.0820 e. The van der Waals surface area contributed by atoms with Crippen molar-refractivity contribution in [3.8, 4) is 0 Å². The molecular weight excluding hydrogens is 200 g/mol. The molecule has 88 valence electrons. The van der Waals surface area contributed by atoms with Gasteiger partial charge in [-0.2, -0.15) is 0 Å². The molecule has 2 N–H and O–H groups in total. The number of nitrogens with zero attached hydrogens (tertiary/aromatic N) is 1. The fraction of sp³-hybridized carbons (Fsp3) is 0.538. The van der Waals surface area contributed by atoms with Crippen molar-refractivity contribution >= 4 is 0 Å². The molecule has 0 radical (unpaired) electrons. The van der Waals surface area contributed by atoms with E-state index in [-0.39, 0.29) is 12.1 Å². The Kier molecular flexibility index (Phi) is 3.93. The molecule has 0 aliphatic carbocycles. The van der Waals surface area contributed by atoms with Crippen LogP contribution in [0.3, 0.4) is 0 Å². The van der Waals surface area contributed by atoms with Gasteiger partial charge < -0.3 is 15.3 Å². The minimum absolute atomic E-state index is 0.233. The topological polar surface area (TPSA) is 35.5 Å². The van der Waals surface area contributed by atoms with Crippen molar-refractivity contribution in [3.63, 3.8) is 0 Å². The SMILES string of the molecule is CN1CC[C@@H](NCc2ccccc2)[C@H](O)C1. The predicted molar refractivity (Wildman–Crippen MR) is 65.2 cm³/mol. The van der Waals surface area contributed by atoms with Gasteiger partial charge in [-0.3, -0.25) is 0 Å². The molecule has 3 heteroatoms. The largest absolute Gasteiger partial charge is 0.390 e. The molecule has 1 aromatic carbocycles. The van der Waals surface area contributed by atoms with E-state index in [2.05, 4.69) is 29.4 Å². The monoisotopic (exact) mass is 220 g/mol. The summed E-state index contributed by atoms with van der Waals surface area (Å²) in [5.74, 6) is 0. The van der Waals surface area contributed by atoms with Gasteiger partial charge >= 0.3 is 0 Å². The zero-order valence-corrected chi connectivity index (χ0v) is 9.76. The maximum Gasteiger partial charge on any atom is 0.0820 e. The van der Waals surface area contributed by atoms with Crippen LogP contribution in [0.4, 0.5) is 0 Å². The van der Waals surface area contributed by atoms with E-state index < -0.39 is 0 Å². The molecular formula is C13H20N2O. The minimum atomic E-state index is -0.248. The van der Waals surface area contributed by atoms with E-state index in [1.165, 1.54) is 5.56 Å². The van der Waals surface area contributed by atoms with Crippen molar-refractivity contribution < 1.29 is 5.11 Å². The van der Waals surface area contributed by atoms with E-state index in [0.29, 0.717) is 0 Å². The molecule has 16 heavy (non-hydrogen) atoms. The molecule has 2 atom stereocenters.